The fourth-order valence-electron chi connectivity index (χ4n) is 4.24. The van der Waals surface area contributed by atoms with E-state index in [2.05, 4.69) is 17.3 Å². The summed E-state index contributed by atoms with van der Waals surface area (Å²) in [4.78, 5) is 14.1. The summed E-state index contributed by atoms with van der Waals surface area (Å²) in [6.45, 7) is 0.0751. The van der Waals surface area contributed by atoms with Gasteiger partial charge in [-0.2, -0.15) is 23.7 Å². The zero-order chi connectivity index (χ0) is 23.3. The van der Waals surface area contributed by atoms with Crippen LogP contribution in [-0.4, -0.2) is 41.6 Å². The molecule has 0 spiro atoms. The first kappa shape index (κ1) is 23.4. The number of amides is 1. The molecule has 2 atom stereocenters. The Kier molecular flexibility index (Phi) is 7.28. The molecule has 32 heavy (non-hydrogen) atoms. The number of likely N-dealkylation sites (tertiary alicyclic amines) is 1. The highest BCUT2D eigenvalue weighted by atomic mass is 19.4. The fourth-order valence-corrected chi connectivity index (χ4v) is 4.24. The third-order valence-corrected chi connectivity index (χ3v) is 5.90. The third kappa shape index (κ3) is 5.52. The molecule has 1 saturated heterocycles. The summed E-state index contributed by atoms with van der Waals surface area (Å²) in [7, 11) is 0. The molecule has 2 aliphatic rings. The Hall–Kier alpha value is -3.22. The molecule has 0 radical (unpaired) electrons. The van der Waals surface area contributed by atoms with Gasteiger partial charge in [0.05, 0.1) is 42.0 Å². The highest BCUT2D eigenvalue weighted by Crippen LogP contribution is 2.34. The van der Waals surface area contributed by atoms with Crippen molar-refractivity contribution in [3.63, 3.8) is 0 Å². The van der Waals surface area contributed by atoms with Crippen LogP contribution in [0.5, 0.6) is 5.75 Å². The summed E-state index contributed by atoms with van der Waals surface area (Å²) in [5.41, 5.74) is -1.02. The molecular formula is C23H23F3N4O2. The monoisotopic (exact) mass is 444 g/mol. The Balaban J connectivity index is 1.51. The summed E-state index contributed by atoms with van der Waals surface area (Å²) < 4.78 is 44.8. The van der Waals surface area contributed by atoms with E-state index in [1.807, 2.05) is 0 Å². The minimum atomic E-state index is -4.56. The van der Waals surface area contributed by atoms with E-state index >= 15 is 0 Å². The van der Waals surface area contributed by atoms with Gasteiger partial charge in [-0.1, -0.05) is 5.92 Å². The summed E-state index contributed by atoms with van der Waals surface area (Å²) in [6.07, 6.45) is 4.40. The van der Waals surface area contributed by atoms with E-state index in [1.54, 1.807) is 6.07 Å². The summed E-state index contributed by atoms with van der Waals surface area (Å²) >= 11 is 0. The minimum absolute atomic E-state index is 0.0277. The number of nitrogens with zero attached hydrogens (tertiary/aromatic N) is 3. The standard InChI is InChI=1S/C23H23F3N4O2/c1-2-18-5-6-19(13-28)30(18)22(31)14-29-17-3-7-20(8-4-17)32-21-10-15(12-27)9-16(11-21)23(24,25)26/h1,9-11,17-20,29H,3-8,14H2/t17-,18?,19?,20-. The van der Waals surface area contributed by atoms with Crippen molar-refractivity contribution in [1.82, 2.24) is 10.2 Å². The number of alkyl halides is 3. The summed E-state index contributed by atoms with van der Waals surface area (Å²) in [5, 5.41) is 21.4. The maximum atomic E-state index is 13.0. The molecule has 1 heterocycles. The van der Waals surface area contributed by atoms with Gasteiger partial charge in [0.25, 0.3) is 0 Å². The van der Waals surface area contributed by atoms with Crippen LogP contribution in [0.4, 0.5) is 13.2 Å². The van der Waals surface area contributed by atoms with E-state index in [0.29, 0.717) is 38.5 Å². The minimum Gasteiger partial charge on any atom is -0.490 e. The zero-order valence-corrected chi connectivity index (χ0v) is 17.4. The molecule has 2 unspecified atom stereocenters. The van der Waals surface area contributed by atoms with Gasteiger partial charge in [0.1, 0.15) is 11.8 Å². The molecule has 1 amide bonds. The van der Waals surface area contributed by atoms with Gasteiger partial charge in [-0.25, -0.2) is 0 Å². The molecule has 1 aromatic carbocycles. The molecule has 2 fully saturated rings. The predicted octanol–water partition coefficient (Wildman–Crippen LogP) is 3.37. The second kappa shape index (κ2) is 9.94. The van der Waals surface area contributed by atoms with Crippen LogP contribution < -0.4 is 10.1 Å². The molecule has 1 saturated carbocycles. The Morgan fingerprint density at radius 2 is 1.81 bits per heavy atom. The molecule has 168 valence electrons. The predicted molar refractivity (Wildman–Crippen MR) is 109 cm³/mol. The van der Waals surface area contributed by atoms with Crippen LogP contribution in [0.25, 0.3) is 0 Å². The van der Waals surface area contributed by atoms with E-state index in [1.165, 1.54) is 11.0 Å². The molecule has 1 aromatic rings. The van der Waals surface area contributed by atoms with Crippen molar-refractivity contribution in [2.24, 2.45) is 0 Å². The van der Waals surface area contributed by atoms with Crippen LogP contribution in [0.3, 0.4) is 0 Å². The van der Waals surface area contributed by atoms with E-state index in [9.17, 15) is 23.2 Å². The number of benzene rings is 1. The second-order valence-electron chi connectivity index (χ2n) is 8.03. The molecule has 1 N–H and O–H groups in total. The fraction of sp³-hybridized carbons (Fsp3) is 0.522. The molecule has 9 heteroatoms. The van der Waals surface area contributed by atoms with Gasteiger partial charge in [-0.3, -0.25) is 4.79 Å². The van der Waals surface area contributed by atoms with Crippen LogP contribution in [0.15, 0.2) is 18.2 Å². The Labute approximate surface area is 184 Å². The Bertz CT molecular complexity index is 943. The normalized spacial score (nSPS) is 25.4. The number of carbonyl (C=O) groups is 1. The quantitative estimate of drug-likeness (QED) is 0.704. The number of ether oxygens (including phenoxy) is 1. The number of hydrogen-bond donors (Lipinski definition) is 1. The zero-order valence-electron chi connectivity index (χ0n) is 17.4. The lowest BCUT2D eigenvalue weighted by Gasteiger charge is -2.31. The molecule has 3 rings (SSSR count). The SMILES string of the molecule is C#CC1CCC(C#N)N1C(=O)CN[C@H]1CC[C@H](Oc2cc(C#N)cc(C(F)(F)F)c2)CC1. The number of rotatable bonds is 5. The van der Waals surface area contributed by atoms with Crippen LogP contribution in [-0.2, 0) is 11.0 Å². The van der Waals surface area contributed by atoms with Crippen molar-refractivity contribution >= 4 is 5.91 Å². The van der Waals surface area contributed by atoms with Gasteiger partial charge in [0, 0.05) is 6.04 Å². The first-order valence-electron chi connectivity index (χ1n) is 10.4. The molecule has 1 aliphatic carbocycles. The molecule has 0 aromatic heterocycles. The van der Waals surface area contributed by atoms with Crippen molar-refractivity contribution in [1.29, 1.82) is 10.5 Å². The van der Waals surface area contributed by atoms with Crippen molar-refractivity contribution in [3.05, 3.63) is 29.3 Å². The lowest BCUT2D eigenvalue weighted by atomic mass is 9.93. The maximum absolute atomic E-state index is 13.0. The first-order valence-corrected chi connectivity index (χ1v) is 10.4. The molecule has 0 bridgehead atoms. The molecule has 1 aliphatic heterocycles. The van der Waals surface area contributed by atoms with Crippen molar-refractivity contribution in [2.45, 2.75) is 68.9 Å². The third-order valence-electron chi connectivity index (χ3n) is 5.90. The Morgan fingerprint density at radius 3 is 2.41 bits per heavy atom. The highest BCUT2D eigenvalue weighted by molar-refractivity contribution is 5.80. The number of nitriles is 2. The van der Waals surface area contributed by atoms with Gasteiger partial charge in [0.2, 0.25) is 5.91 Å². The molecule has 6 nitrogen and oxygen atoms in total. The van der Waals surface area contributed by atoms with Gasteiger partial charge >= 0.3 is 6.18 Å². The topological polar surface area (TPSA) is 89.2 Å². The van der Waals surface area contributed by atoms with Gasteiger partial charge in [0.15, 0.2) is 0 Å². The first-order chi connectivity index (χ1) is 15.2. The van der Waals surface area contributed by atoms with Crippen LogP contribution in [0.1, 0.15) is 49.7 Å². The van der Waals surface area contributed by atoms with Gasteiger partial charge < -0.3 is 15.0 Å². The van der Waals surface area contributed by atoms with Gasteiger partial charge in [-0.15, -0.1) is 6.42 Å². The van der Waals surface area contributed by atoms with Crippen LogP contribution >= 0.6 is 0 Å². The largest absolute Gasteiger partial charge is 0.490 e. The number of nitrogens with one attached hydrogen (secondary N) is 1. The van der Waals surface area contributed by atoms with E-state index in [-0.39, 0.29) is 42.0 Å². The highest BCUT2D eigenvalue weighted by Gasteiger charge is 2.36. The van der Waals surface area contributed by atoms with Crippen LogP contribution in [0.2, 0.25) is 0 Å². The van der Waals surface area contributed by atoms with Crippen molar-refractivity contribution in [2.75, 3.05) is 6.54 Å². The van der Waals surface area contributed by atoms with E-state index in [4.69, 9.17) is 16.4 Å². The average molecular weight is 444 g/mol. The lowest BCUT2D eigenvalue weighted by molar-refractivity contribution is -0.137. The second-order valence-corrected chi connectivity index (χ2v) is 8.03. The lowest BCUT2D eigenvalue weighted by Crippen LogP contribution is -2.47. The van der Waals surface area contributed by atoms with E-state index in [0.717, 1.165) is 12.1 Å². The van der Waals surface area contributed by atoms with Crippen molar-refractivity contribution in [3.8, 4) is 30.2 Å². The van der Waals surface area contributed by atoms with Crippen molar-refractivity contribution < 1.29 is 22.7 Å². The summed E-state index contributed by atoms with van der Waals surface area (Å²) in [6, 6.07) is 6.07. The average Bonchev–Trinajstić information content (AvgIpc) is 3.21. The molecular weight excluding hydrogens is 421 g/mol. The Morgan fingerprint density at radius 1 is 1.12 bits per heavy atom. The van der Waals surface area contributed by atoms with Gasteiger partial charge in [-0.05, 0) is 56.7 Å². The number of hydrogen-bond acceptors (Lipinski definition) is 5. The number of halogens is 3. The van der Waals surface area contributed by atoms with E-state index < -0.39 is 17.8 Å². The maximum Gasteiger partial charge on any atom is 0.416 e. The number of terminal acetylenes is 1. The van der Waals surface area contributed by atoms with Crippen LogP contribution in [0, 0.1) is 35.0 Å². The summed E-state index contributed by atoms with van der Waals surface area (Å²) in [5.74, 6) is 2.39. The number of carbonyl (C=O) groups excluding carboxylic acids is 1. The smallest absolute Gasteiger partial charge is 0.416 e.